The molecule has 7 nitrogen and oxygen atoms in total. The Morgan fingerprint density at radius 1 is 1.06 bits per heavy atom. The molecule has 0 radical (unpaired) electrons. The normalized spacial score (nSPS) is 11.9. The Bertz CT molecular complexity index is 1430. The summed E-state index contributed by atoms with van der Waals surface area (Å²) in [5, 5.41) is 0.325. The third kappa shape index (κ3) is 4.73. The zero-order valence-corrected chi connectivity index (χ0v) is 20.4. The maximum Gasteiger partial charge on any atom is 0.261 e. The number of pyridine rings is 1. The van der Waals surface area contributed by atoms with Gasteiger partial charge in [-0.1, -0.05) is 23.7 Å². The molecule has 0 bridgehead atoms. The number of ketones is 1. The van der Waals surface area contributed by atoms with Gasteiger partial charge in [-0.15, -0.1) is 0 Å². The van der Waals surface area contributed by atoms with E-state index in [4.69, 9.17) is 16.0 Å². The quantitative estimate of drug-likeness (QED) is 0.300. The number of anilines is 1. The van der Waals surface area contributed by atoms with Crippen molar-refractivity contribution >= 4 is 33.1 Å². The van der Waals surface area contributed by atoms with Gasteiger partial charge in [0.05, 0.1) is 22.2 Å². The molecule has 34 heavy (non-hydrogen) atoms. The van der Waals surface area contributed by atoms with E-state index in [1.54, 1.807) is 47.4 Å². The molecule has 0 aliphatic heterocycles. The molecule has 0 aliphatic carbocycles. The van der Waals surface area contributed by atoms with E-state index >= 15 is 0 Å². The standard InChI is InChI=1S/C25H22ClN3O4S/c1-25(2,24-27-12-15-33-24)18-4-7-20(8-5-18)34(31,32)28-22-9-6-19(26)16-21(22)23(30)17-10-13-29(3)14-11-17/h4-16H,1-3H3/p+1. The highest BCUT2D eigenvalue weighted by Crippen LogP contribution is 2.31. The van der Waals surface area contributed by atoms with Crippen LogP contribution in [0.1, 0.15) is 41.2 Å². The van der Waals surface area contributed by atoms with Crippen LogP contribution in [-0.2, 0) is 22.5 Å². The predicted octanol–water partition coefficient (Wildman–Crippen LogP) is 4.51. The van der Waals surface area contributed by atoms with Crippen LogP contribution in [0.15, 0.2) is 88.8 Å². The van der Waals surface area contributed by atoms with Gasteiger partial charge in [0, 0.05) is 28.3 Å². The van der Waals surface area contributed by atoms with E-state index in [1.165, 1.54) is 36.6 Å². The molecule has 174 valence electrons. The maximum atomic E-state index is 13.1. The molecular weight excluding hydrogens is 474 g/mol. The molecule has 0 saturated heterocycles. The lowest BCUT2D eigenvalue weighted by molar-refractivity contribution is -0.671. The third-order valence-electron chi connectivity index (χ3n) is 5.56. The van der Waals surface area contributed by atoms with Gasteiger partial charge in [-0.2, -0.15) is 0 Å². The number of hydrogen-bond acceptors (Lipinski definition) is 5. The number of sulfonamides is 1. The van der Waals surface area contributed by atoms with Crippen LogP contribution in [0, 0.1) is 0 Å². The van der Waals surface area contributed by atoms with Crippen molar-refractivity contribution in [1.82, 2.24) is 4.98 Å². The van der Waals surface area contributed by atoms with Crippen molar-refractivity contribution in [3.63, 3.8) is 0 Å². The first-order valence-electron chi connectivity index (χ1n) is 10.4. The number of aryl methyl sites for hydroxylation is 1. The first kappa shape index (κ1) is 23.7. The van der Waals surface area contributed by atoms with Crippen LogP contribution in [0.3, 0.4) is 0 Å². The molecular formula is C25H23ClN3O4S+. The van der Waals surface area contributed by atoms with Crippen LogP contribution in [0.5, 0.6) is 0 Å². The number of halogens is 1. The minimum Gasteiger partial charge on any atom is -0.448 e. The fourth-order valence-corrected chi connectivity index (χ4v) is 4.76. The van der Waals surface area contributed by atoms with E-state index < -0.39 is 15.4 Å². The molecule has 0 atom stereocenters. The van der Waals surface area contributed by atoms with Crippen LogP contribution < -0.4 is 9.29 Å². The fraction of sp³-hybridized carbons (Fsp3) is 0.160. The predicted molar refractivity (Wildman–Crippen MR) is 128 cm³/mol. The average Bonchev–Trinajstić information content (AvgIpc) is 3.36. The largest absolute Gasteiger partial charge is 0.448 e. The summed E-state index contributed by atoms with van der Waals surface area (Å²) in [7, 11) is -2.14. The smallest absolute Gasteiger partial charge is 0.261 e. The van der Waals surface area contributed by atoms with Crippen molar-refractivity contribution in [2.24, 2.45) is 7.05 Å². The Morgan fingerprint density at radius 3 is 2.35 bits per heavy atom. The third-order valence-corrected chi connectivity index (χ3v) is 7.18. The fourth-order valence-electron chi connectivity index (χ4n) is 3.51. The summed E-state index contributed by atoms with van der Waals surface area (Å²) in [5.41, 5.74) is 1.02. The number of oxazole rings is 1. The molecule has 0 amide bonds. The second kappa shape index (κ2) is 9.04. The number of aromatic nitrogens is 2. The number of carbonyl (C=O) groups is 1. The first-order valence-corrected chi connectivity index (χ1v) is 12.3. The SMILES string of the molecule is C[n+]1ccc(C(=O)c2cc(Cl)ccc2NS(=O)(=O)c2ccc(C(C)(C)c3ncco3)cc2)cc1. The summed E-state index contributed by atoms with van der Waals surface area (Å²) >= 11 is 6.12. The number of nitrogens with one attached hydrogen (secondary N) is 1. The summed E-state index contributed by atoms with van der Waals surface area (Å²) < 4.78 is 36.0. The lowest BCUT2D eigenvalue weighted by Crippen LogP contribution is -2.26. The van der Waals surface area contributed by atoms with Crippen LogP contribution in [-0.4, -0.2) is 19.2 Å². The molecule has 0 saturated carbocycles. The Hall–Kier alpha value is -3.49. The minimum atomic E-state index is -3.98. The van der Waals surface area contributed by atoms with Crippen molar-refractivity contribution in [2.45, 2.75) is 24.2 Å². The Balaban J connectivity index is 1.64. The summed E-state index contributed by atoms with van der Waals surface area (Å²) in [5.74, 6) is 0.184. The molecule has 2 aromatic carbocycles. The van der Waals surface area contributed by atoms with Crippen LogP contribution in [0.4, 0.5) is 5.69 Å². The summed E-state index contributed by atoms with van der Waals surface area (Å²) in [6, 6.07) is 14.3. The van der Waals surface area contributed by atoms with Gasteiger partial charge in [0.1, 0.15) is 13.3 Å². The molecule has 2 aromatic heterocycles. The van der Waals surface area contributed by atoms with Gasteiger partial charge >= 0.3 is 0 Å². The second-order valence-electron chi connectivity index (χ2n) is 8.36. The van der Waals surface area contributed by atoms with E-state index in [-0.39, 0.29) is 21.9 Å². The first-order chi connectivity index (χ1) is 16.1. The lowest BCUT2D eigenvalue weighted by atomic mass is 9.84. The number of benzene rings is 2. The Kier molecular flexibility index (Phi) is 6.29. The van der Waals surface area contributed by atoms with Crippen molar-refractivity contribution < 1.29 is 22.2 Å². The zero-order valence-electron chi connectivity index (χ0n) is 18.8. The van der Waals surface area contributed by atoms with Gasteiger partial charge in [0.2, 0.25) is 5.89 Å². The van der Waals surface area contributed by atoms with Crippen molar-refractivity contribution in [3.05, 3.63) is 107 Å². The summed E-state index contributed by atoms with van der Waals surface area (Å²) in [6.45, 7) is 3.88. The molecule has 9 heteroatoms. The van der Waals surface area contributed by atoms with E-state index in [1.807, 2.05) is 20.9 Å². The minimum absolute atomic E-state index is 0.0551. The van der Waals surface area contributed by atoms with E-state index in [0.29, 0.717) is 16.5 Å². The highest BCUT2D eigenvalue weighted by molar-refractivity contribution is 7.92. The Morgan fingerprint density at radius 2 is 1.74 bits per heavy atom. The van der Waals surface area contributed by atoms with Crippen LogP contribution in [0.2, 0.25) is 5.02 Å². The van der Waals surface area contributed by atoms with E-state index in [0.717, 1.165) is 5.56 Å². The molecule has 2 heterocycles. The van der Waals surface area contributed by atoms with Crippen LogP contribution >= 0.6 is 11.6 Å². The average molecular weight is 497 g/mol. The topological polar surface area (TPSA) is 93.2 Å². The van der Waals surface area contributed by atoms with E-state index in [9.17, 15) is 13.2 Å². The van der Waals surface area contributed by atoms with Gasteiger partial charge < -0.3 is 4.42 Å². The maximum absolute atomic E-state index is 13.1. The number of nitrogens with zero attached hydrogens (tertiary/aromatic N) is 2. The molecule has 0 unspecified atom stereocenters. The summed E-state index contributed by atoms with van der Waals surface area (Å²) in [6.07, 6.45) is 6.55. The van der Waals surface area contributed by atoms with Crippen molar-refractivity contribution in [3.8, 4) is 0 Å². The summed E-state index contributed by atoms with van der Waals surface area (Å²) in [4.78, 5) is 17.4. The van der Waals surface area contributed by atoms with Crippen molar-refractivity contribution in [2.75, 3.05) is 4.72 Å². The van der Waals surface area contributed by atoms with Gasteiger partial charge in [0.25, 0.3) is 10.0 Å². The molecule has 4 aromatic rings. The van der Waals surface area contributed by atoms with Gasteiger partial charge in [-0.05, 0) is 49.7 Å². The molecule has 0 fully saturated rings. The molecule has 1 N–H and O–H groups in total. The van der Waals surface area contributed by atoms with Crippen molar-refractivity contribution in [1.29, 1.82) is 0 Å². The molecule has 4 rings (SSSR count). The van der Waals surface area contributed by atoms with E-state index in [2.05, 4.69) is 9.71 Å². The number of hydrogen-bond donors (Lipinski definition) is 1. The lowest BCUT2D eigenvalue weighted by Gasteiger charge is -2.21. The monoisotopic (exact) mass is 496 g/mol. The molecule has 0 spiro atoms. The zero-order chi connectivity index (χ0) is 24.5. The Labute approximate surface area is 203 Å². The number of carbonyl (C=O) groups excluding carboxylic acids is 1. The second-order valence-corrected chi connectivity index (χ2v) is 10.5. The van der Waals surface area contributed by atoms with Crippen LogP contribution in [0.25, 0.3) is 0 Å². The highest BCUT2D eigenvalue weighted by Gasteiger charge is 2.28. The highest BCUT2D eigenvalue weighted by atomic mass is 35.5. The molecule has 0 aliphatic rings. The van der Waals surface area contributed by atoms with Gasteiger partial charge in [-0.25, -0.2) is 18.0 Å². The van der Waals surface area contributed by atoms with Gasteiger partial charge in [0.15, 0.2) is 18.2 Å². The van der Waals surface area contributed by atoms with Gasteiger partial charge in [-0.3, -0.25) is 9.52 Å². The number of rotatable bonds is 7.